The van der Waals surface area contributed by atoms with E-state index < -0.39 is 0 Å². The Morgan fingerprint density at radius 3 is 2.84 bits per heavy atom. The second kappa shape index (κ2) is 4.97. The number of imidazole rings is 1. The minimum Gasteiger partial charge on any atom is -0.321 e. The maximum atomic E-state index is 6.38. The third-order valence-corrected chi connectivity index (χ3v) is 4.28. The van der Waals surface area contributed by atoms with Crippen molar-refractivity contribution in [1.29, 1.82) is 0 Å². The summed E-state index contributed by atoms with van der Waals surface area (Å²) in [5, 5.41) is 0.637. The molecule has 2 unspecified atom stereocenters. The van der Waals surface area contributed by atoms with Crippen molar-refractivity contribution in [3.8, 4) is 0 Å². The molecule has 1 aromatic carbocycles. The zero-order valence-corrected chi connectivity index (χ0v) is 12.6. The van der Waals surface area contributed by atoms with Crippen LogP contribution in [0, 0.1) is 0 Å². The zero-order chi connectivity index (χ0) is 13.6. The van der Waals surface area contributed by atoms with Crippen LogP contribution >= 0.6 is 23.2 Å². The summed E-state index contributed by atoms with van der Waals surface area (Å²) in [6, 6.07) is 6.26. The van der Waals surface area contributed by atoms with Crippen LogP contribution in [0.2, 0.25) is 5.02 Å². The standard InChI is InChI=1S/C14H17Cl2N3/c1-9(15)14-17-12-5-3-4-11(16)13(12)19(14)10-6-7-18(2)8-10/h3-5,9-10H,6-8H2,1-2H3. The molecule has 3 rings (SSSR count). The van der Waals surface area contributed by atoms with Gasteiger partial charge in [0.15, 0.2) is 0 Å². The normalized spacial score (nSPS) is 22.2. The van der Waals surface area contributed by atoms with E-state index >= 15 is 0 Å². The van der Waals surface area contributed by atoms with Crippen molar-refractivity contribution < 1.29 is 0 Å². The minimum absolute atomic E-state index is 0.116. The molecule has 0 aliphatic carbocycles. The number of aromatic nitrogens is 2. The van der Waals surface area contributed by atoms with Gasteiger partial charge in [-0.25, -0.2) is 4.98 Å². The van der Waals surface area contributed by atoms with Crippen molar-refractivity contribution in [2.24, 2.45) is 0 Å². The van der Waals surface area contributed by atoms with Crippen LogP contribution in [0.4, 0.5) is 0 Å². The van der Waals surface area contributed by atoms with Gasteiger partial charge in [0.05, 0.1) is 21.4 Å². The number of rotatable bonds is 2. The van der Waals surface area contributed by atoms with Gasteiger partial charge in [-0.2, -0.15) is 0 Å². The maximum absolute atomic E-state index is 6.38. The number of hydrogen-bond acceptors (Lipinski definition) is 2. The van der Waals surface area contributed by atoms with Crippen molar-refractivity contribution in [2.45, 2.75) is 24.8 Å². The molecule has 102 valence electrons. The van der Waals surface area contributed by atoms with E-state index in [1.165, 1.54) is 0 Å². The molecule has 3 nitrogen and oxygen atoms in total. The highest BCUT2D eigenvalue weighted by Crippen LogP contribution is 2.34. The highest BCUT2D eigenvalue weighted by atomic mass is 35.5. The second-order valence-electron chi connectivity index (χ2n) is 5.27. The van der Waals surface area contributed by atoms with E-state index in [1.54, 1.807) is 0 Å². The van der Waals surface area contributed by atoms with Crippen LogP contribution < -0.4 is 0 Å². The fourth-order valence-corrected chi connectivity index (χ4v) is 3.31. The van der Waals surface area contributed by atoms with Crippen molar-refractivity contribution in [1.82, 2.24) is 14.5 Å². The molecule has 0 bridgehead atoms. The zero-order valence-electron chi connectivity index (χ0n) is 11.1. The first-order chi connectivity index (χ1) is 9.08. The van der Waals surface area contributed by atoms with Crippen LogP contribution in [0.1, 0.15) is 30.6 Å². The molecule has 0 N–H and O–H groups in total. The van der Waals surface area contributed by atoms with Crippen LogP contribution in [0.25, 0.3) is 11.0 Å². The monoisotopic (exact) mass is 297 g/mol. The molecular weight excluding hydrogens is 281 g/mol. The van der Waals surface area contributed by atoms with Gasteiger partial charge in [-0.3, -0.25) is 0 Å². The highest BCUT2D eigenvalue weighted by Gasteiger charge is 2.27. The molecule has 0 spiro atoms. The summed E-state index contributed by atoms with van der Waals surface area (Å²) in [5.41, 5.74) is 1.96. The summed E-state index contributed by atoms with van der Waals surface area (Å²) in [6.45, 7) is 4.09. The van der Waals surface area contributed by atoms with Gasteiger partial charge in [0.25, 0.3) is 0 Å². The predicted octanol–water partition coefficient (Wildman–Crippen LogP) is 3.87. The number of likely N-dealkylation sites (tertiary alicyclic amines) is 1. The summed E-state index contributed by atoms with van der Waals surface area (Å²) in [7, 11) is 2.14. The Morgan fingerprint density at radius 1 is 1.42 bits per heavy atom. The summed E-state index contributed by atoms with van der Waals surface area (Å²) in [5.74, 6) is 0.921. The average molecular weight is 298 g/mol. The summed E-state index contributed by atoms with van der Waals surface area (Å²) in [6.07, 6.45) is 1.11. The Hall–Kier alpha value is -0.770. The van der Waals surface area contributed by atoms with E-state index in [9.17, 15) is 0 Å². The van der Waals surface area contributed by atoms with E-state index in [1.807, 2.05) is 25.1 Å². The first kappa shape index (κ1) is 13.2. The number of para-hydroxylation sites is 1. The third-order valence-electron chi connectivity index (χ3n) is 3.78. The minimum atomic E-state index is -0.116. The van der Waals surface area contributed by atoms with Crippen LogP contribution in [0.5, 0.6) is 0 Å². The van der Waals surface area contributed by atoms with Crippen LogP contribution in [0.3, 0.4) is 0 Å². The molecule has 2 atom stereocenters. The molecule has 1 aliphatic heterocycles. The van der Waals surface area contributed by atoms with Gasteiger partial charge < -0.3 is 9.47 Å². The average Bonchev–Trinajstić information content (AvgIpc) is 2.93. The summed E-state index contributed by atoms with van der Waals surface area (Å²) >= 11 is 12.7. The van der Waals surface area contributed by atoms with E-state index in [4.69, 9.17) is 23.2 Å². The second-order valence-corrected chi connectivity index (χ2v) is 6.33. The van der Waals surface area contributed by atoms with Crippen LogP contribution in [0.15, 0.2) is 18.2 Å². The number of fused-ring (bicyclic) bond motifs is 1. The van der Waals surface area contributed by atoms with Gasteiger partial charge >= 0.3 is 0 Å². The van der Waals surface area contributed by atoms with Crippen LogP contribution in [-0.4, -0.2) is 34.6 Å². The Balaban J connectivity index is 2.21. The van der Waals surface area contributed by atoms with Gasteiger partial charge in [-0.15, -0.1) is 11.6 Å². The highest BCUT2D eigenvalue weighted by molar-refractivity contribution is 6.35. The van der Waals surface area contributed by atoms with Gasteiger partial charge in [-0.1, -0.05) is 17.7 Å². The van der Waals surface area contributed by atoms with Crippen molar-refractivity contribution in [3.05, 3.63) is 29.0 Å². The predicted molar refractivity (Wildman–Crippen MR) is 80.2 cm³/mol. The van der Waals surface area contributed by atoms with Crippen LogP contribution in [-0.2, 0) is 0 Å². The van der Waals surface area contributed by atoms with Gasteiger partial charge in [0.2, 0.25) is 0 Å². The van der Waals surface area contributed by atoms with E-state index in [-0.39, 0.29) is 5.38 Å². The van der Waals surface area contributed by atoms with E-state index in [0.29, 0.717) is 6.04 Å². The van der Waals surface area contributed by atoms with Crippen molar-refractivity contribution in [2.75, 3.05) is 20.1 Å². The lowest BCUT2D eigenvalue weighted by molar-refractivity contribution is 0.392. The van der Waals surface area contributed by atoms with Crippen molar-refractivity contribution in [3.63, 3.8) is 0 Å². The van der Waals surface area contributed by atoms with E-state index in [0.717, 1.165) is 41.4 Å². The van der Waals surface area contributed by atoms with Gasteiger partial charge in [-0.05, 0) is 39.1 Å². The lowest BCUT2D eigenvalue weighted by Crippen LogP contribution is -2.18. The molecule has 5 heteroatoms. The first-order valence-corrected chi connectivity index (χ1v) is 7.38. The molecule has 1 saturated heterocycles. The molecule has 0 amide bonds. The Labute approximate surface area is 123 Å². The number of benzene rings is 1. The SMILES string of the molecule is CC(Cl)c1nc2cccc(Cl)c2n1C1CCN(C)C1. The van der Waals surface area contributed by atoms with Gasteiger partial charge in [0.1, 0.15) is 5.82 Å². The van der Waals surface area contributed by atoms with Gasteiger partial charge in [0, 0.05) is 12.6 Å². The largest absolute Gasteiger partial charge is 0.321 e. The molecule has 1 aromatic heterocycles. The first-order valence-electron chi connectivity index (χ1n) is 6.57. The summed E-state index contributed by atoms with van der Waals surface area (Å²) < 4.78 is 2.25. The fraction of sp³-hybridized carbons (Fsp3) is 0.500. The quantitative estimate of drug-likeness (QED) is 0.785. The Morgan fingerprint density at radius 2 is 2.21 bits per heavy atom. The lowest BCUT2D eigenvalue weighted by atomic mass is 10.2. The molecule has 0 saturated carbocycles. The molecule has 0 radical (unpaired) electrons. The molecule has 2 aromatic rings. The molecular formula is C14H17Cl2N3. The number of hydrogen-bond donors (Lipinski definition) is 0. The maximum Gasteiger partial charge on any atom is 0.128 e. The van der Waals surface area contributed by atoms with E-state index in [2.05, 4.69) is 21.5 Å². The number of nitrogens with zero attached hydrogens (tertiary/aromatic N) is 3. The topological polar surface area (TPSA) is 21.1 Å². The molecule has 1 fully saturated rings. The smallest absolute Gasteiger partial charge is 0.128 e. The molecule has 19 heavy (non-hydrogen) atoms. The number of alkyl halides is 1. The fourth-order valence-electron chi connectivity index (χ4n) is 2.90. The number of halogens is 2. The molecule has 1 aliphatic rings. The Bertz CT molecular complexity index is 606. The summed E-state index contributed by atoms with van der Waals surface area (Å²) in [4.78, 5) is 7.00. The third kappa shape index (κ3) is 2.24. The van der Waals surface area contributed by atoms with Crippen molar-refractivity contribution >= 4 is 34.2 Å². The molecule has 2 heterocycles. The lowest BCUT2D eigenvalue weighted by Gasteiger charge is -2.18. The number of likely N-dealkylation sites (N-methyl/N-ethyl adjacent to an activating group) is 1. The Kier molecular flexibility index (Phi) is 3.46.